The van der Waals surface area contributed by atoms with Crippen molar-refractivity contribution in [1.29, 1.82) is 0 Å². The van der Waals surface area contributed by atoms with Gasteiger partial charge >= 0.3 is 0 Å². The molecule has 6 heteroatoms. The van der Waals surface area contributed by atoms with E-state index in [4.69, 9.17) is 5.73 Å². The molecule has 0 aliphatic rings. The van der Waals surface area contributed by atoms with Crippen molar-refractivity contribution in [2.45, 2.75) is 33.7 Å². The highest BCUT2D eigenvalue weighted by Crippen LogP contribution is 2.20. The number of aromatic nitrogens is 2. The van der Waals surface area contributed by atoms with Crippen molar-refractivity contribution in [2.24, 2.45) is 11.1 Å². The molecule has 0 fully saturated rings. The summed E-state index contributed by atoms with van der Waals surface area (Å²) >= 11 is 1.33. The van der Waals surface area contributed by atoms with Gasteiger partial charge in [0.25, 0.3) is 0 Å². The average Bonchev–Trinajstić information content (AvgIpc) is 2.48. The van der Waals surface area contributed by atoms with Crippen LogP contribution in [-0.4, -0.2) is 22.1 Å². The minimum Gasteiger partial charge on any atom is -0.319 e. The Hall–Kier alpha value is -1.01. The summed E-state index contributed by atoms with van der Waals surface area (Å²) in [5, 5.41) is 11.6. The van der Waals surface area contributed by atoms with E-state index in [-0.39, 0.29) is 11.3 Å². The number of anilines is 1. The van der Waals surface area contributed by atoms with Gasteiger partial charge in [-0.3, -0.25) is 10.1 Å². The van der Waals surface area contributed by atoms with Crippen LogP contribution in [0.2, 0.25) is 0 Å². The fourth-order valence-corrected chi connectivity index (χ4v) is 1.52. The van der Waals surface area contributed by atoms with Crippen molar-refractivity contribution in [3.8, 4) is 0 Å². The minimum atomic E-state index is -0.554. The van der Waals surface area contributed by atoms with E-state index in [0.29, 0.717) is 5.13 Å². The van der Waals surface area contributed by atoms with E-state index in [0.717, 1.165) is 5.01 Å². The SMILES string of the molecule is Cc1nnc(NC(=O)C(N)C(C)(C)C)s1. The molecule has 1 aromatic rings. The molecular weight excluding hydrogens is 212 g/mol. The van der Waals surface area contributed by atoms with Crippen molar-refractivity contribution in [2.75, 3.05) is 5.32 Å². The number of nitrogens with one attached hydrogen (secondary N) is 1. The normalized spacial score (nSPS) is 13.7. The zero-order valence-corrected chi connectivity index (χ0v) is 10.2. The van der Waals surface area contributed by atoms with Gasteiger partial charge in [0, 0.05) is 0 Å². The number of hydrogen-bond acceptors (Lipinski definition) is 5. The van der Waals surface area contributed by atoms with Crippen LogP contribution in [0, 0.1) is 12.3 Å². The lowest BCUT2D eigenvalue weighted by molar-refractivity contribution is -0.119. The quantitative estimate of drug-likeness (QED) is 0.796. The third-order valence-electron chi connectivity index (χ3n) is 1.97. The van der Waals surface area contributed by atoms with Gasteiger partial charge in [-0.05, 0) is 12.3 Å². The molecule has 1 aromatic heterocycles. The standard InChI is InChI=1S/C9H16N4OS/c1-5-12-13-8(15-5)11-7(14)6(10)9(2,3)4/h6H,10H2,1-4H3,(H,11,13,14). The van der Waals surface area contributed by atoms with Crippen LogP contribution in [0.5, 0.6) is 0 Å². The lowest BCUT2D eigenvalue weighted by Gasteiger charge is -2.25. The zero-order chi connectivity index (χ0) is 11.6. The van der Waals surface area contributed by atoms with Crippen LogP contribution >= 0.6 is 11.3 Å². The van der Waals surface area contributed by atoms with Crippen molar-refractivity contribution < 1.29 is 4.79 Å². The molecule has 0 aliphatic carbocycles. The van der Waals surface area contributed by atoms with E-state index < -0.39 is 6.04 Å². The van der Waals surface area contributed by atoms with E-state index >= 15 is 0 Å². The molecule has 1 amide bonds. The van der Waals surface area contributed by atoms with E-state index in [1.165, 1.54) is 11.3 Å². The molecule has 1 heterocycles. The van der Waals surface area contributed by atoms with Crippen LogP contribution < -0.4 is 11.1 Å². The smallest absolute Gasteiger partial charge is 0.243 e. The van der Waals surface area contributed by atoms with Crippen LogP contribution in [0.15, 0.2) is 0 Å². The van der Waals surface area contributed by atoms with Crippen molar-refractivity contribution in [3.63, 3.8) is 0 Å². The lowest BCUT2D eigenvalue weighted by atomic mass is 9.87. The molecule has 0 bridgehead atoms. The Kier molecular flexibility index (Phi) is 3.41. The zero-order valence-electron chi connectivity index (χ0n) is 9.37. The highest BCUT2D eigenvalue weighted by atomic mass is 32.1. The summed E-state index contributed by atoms with van der Waals surface area (Å²) in [7, 11) is 0. The maximum atomic E-state index is 11.7. The molecular formula is C9H16N4OS. The van der Waals surface area contributed by atoms with Gasteiger partial charge in [-0.1, -0.05) is 32.1 Å². The summed E-state index contributed by atoms with van der Waals surface area (Å²) in [6.45, 7) is 7.59. The monoisotopic (exact) mass is 228 g/mol. The van der Waals surface area contributed by atoms with E-state index in [2.05, 4.69) is 15.5 Å². The maximum Gasteiger partial charge on any atom is 0.243 e. The number of carbonyl (C=O) groups excluding carboxylic acids is 1. The number of nitrogens with zero attached hydrogens (tertiary/aromatic N) is 2. The number of hydrogen-bond donors (Lipinski definition) is 2. The van der Waals surface area contributed by atoms with Crippen LogP contribution in [0.4, 0.5) is 5.13 Å². The Labute approximate surface area is 93.1 Å². The average molecular weight is 228 g/mol. The predicted molar refractivity (Wildman–Crippen MR) is 60.7 cm³/mol. The summed E-state index contributed by atoms with van der Waals surface area (Å²) in [6, 6.07) is -0.554. The first-order chi connectivity index (χ1) is 6.80. The minimum absolute atomic E-state index is 0.223. The fraction of sp³-hybridized carbons (Fsp3) is 0.667. The summed E-state index contributed by atoms with van der Waals surface area (Å²) in [6.07, 6.45) is 0. The molecule has 1 rings (SSSR count). The van der Waals surface area contributed by atoms with Gasteiger partial charge in [0.1, 0.15) is 5.01 Å². The predicted octanol–water partition coefficient (Wildman–Crippen LogP) is 1.16. The van der Waals surface area contributed by atoms with Gasteiger partial charge < -0.3 is 5.73 Å². The van der Waals surface area contributed by atoms with Crippen LogP contribution in [0.1, 0.15) is 25.8 Å². The van der Waals surface area contributed by atoms with Crippen LogP contribution in [0.25, 0.3) is 0 Å². The summed E-state index contributed by atoms with van der Waals surface area (Å²) in [5.74, 6) is -0.223. The van der Waals surface area contributed by atoms with E-state index in [9.17, 15) is 4.79 Å². The molecule has 5 nitrogen and oxygen atoms in total. The van der Waals surface area contributed by atoms with Crippen LogP contribution in [0.3, 0.4) is 0 Å². The third kappa shape index (κ3) is 3.24. The number of amides is 1. The van der Waals surface area contributed by atoms with Gasteiger partial charge in [-0.2, -0.15) is 0 Å². The second-order valence-corrected chi connectivity index (χ2v) is 5.64. The highest BCUT2D eigenvalue weighted by Gasteiger charge is 2.27. The molecule has 0 spiro atoms. The van der Waals surface area contributed by atoms with E-state index in [1.807, 2.05) is 27.7 Å². The Bertz CT molecular complexity index is 355. The first kappa shape index (κ1) is 12.1. The number of aryl methyl sites for hydroxylation is 1. The summed E-state index contributed by atoms with van der Waals surface area (Å²) < 4.78 is 0. The molecule has 0 saturated heterocycles. The second-order valence-electron chi connectivity index (χ2n) is 4.46. The molecule has 0 aliphatic heterocycles. The van der Waals surface area contributed by atoms with Crippen molar-refractivity contribution in [3.05, 3.63) is 5.01 Å². The number of nitrogens with two attached hydrogens (primary N) is 1. The highest BCUT2D eigenvalue weighted by molar-refractivity contribution is 7.15. The molecule has 0 aromatic carbocycles. The molecule has 84 valence electrons. The van der Waals surface area contributed by atoms with E-state index in [1.54, 1.807) is 0 Å². The maximum absolute atomic E-state index is 11.7. The van der Waals surface area contributed by atoms with Gasteiger partial charge in [0.15, 0.2) is 0 Å². The first-order valence-corrected chi connectivity index (χ1v) is 5.49. The van der Waals surface area contributed by atoms with Gasteiger partial charge in [-0.25, -0.2) is 0 Å². The topological polar surface area (TPSA) is 80.9 Å². The van der Waals surface area contributed by atoms with Crippen molar-refractivity contribution in [1.82, 2.24) is 10.2 Å². The molecule has 3 N–H and O–H groups in total. The Morgan fingerprint density at radius 1 is 1.47 bits per heavy atom. The molecule has 0 radical (unpaired) electrons. The van der Waals surface area contributed by atoms with Crippen LogP contribution in [-0.2, 0) is 4.79 Å². The first-order valence-electron chi connectivity index (χ1n) is 4.67. The number of rotatable bonds is 2. The molecule has 0 saturated carbocycles. The van der Waals surface area contributed by atoms with Crippen molar-refractivity contribution >= 4 is 22.4 Å². The molecule has 1 unspecified atom stereocenters. The molecule has 1 atom stereocenters. The third-order valence-corrected chi connectivity index (χ3v) is 2.73. The Balaban J connectivity index is 2.64. The van der Waals surface area contributed by atoms with Gasteiger partial charge in [0.05, 0.1) is 6.04 Å². The Morgan fingerprint density at radius 3 is 2.47 bits per heavy atom. The Morgan fingerprint density at radius 2 is 2.07 bits per heavy atom. The summed E-state index contributed by atoms with van der Waals surface area (Å²) in [5.41, 5.74) is 5.53. The van der Waals surface area contributed by atoms with Gasteiger partial charge in [0.2, 0.25) is 11.0 Å². The van der Waals surface area contributed by atoms with Gasteiger partial charge in [-0.15, -0.1) is 10.2 Å². The lowest BCUT2D eigenvalue weighted by Crippen LogP contribution is -2.45. The molecule has 15 heavy (non-hydrogen) atoms. The fourth-order valence-electron chi connectivity index (χ4n) is 0.924. The number of carbonyl (C=O) groups is 1. The second kappa shape index (κ2) is 4.24. The largest absolute Gasteiger partial charge is 0.319 e. The summed E-state index contributed by atoms with van der Waals surface area (Å²) in [4.78, 5) is 11.7.